The minimum atomic E-state index is -4.38. The van der Waals surface area contributed by atoms with Crippen molar-refractivity contribution in [2.45, 2.75) is 6.18 Å². The molecule has 0 fully saturated rings. The summed E-state index contributed by atoms with van der Waals surface area (Å²) >= 11 is 3.19. The highest BCUT2D eigenvalue weighted by molar-refractivity contribution is 9.10. The van der Waals surface area contributed by atoms with Gasteiger partial charge < -0.3 is 0 Å². The molecule has 106 valence electrons. The average molecular weight is 353 g/mol. The molecule has 3 rings (SSSR count). The summed E-state index contributed by atoms with van der Waals surface area (Å²) in [6, 6.07) is 12.3. The summed E-state index contributed by atoms with van der Waals surface area (Å²) in [6.45, 7) is 0. The summed E-state index contributed by atoms with van der Waals surface area (Å²) in [5, 5.41) is 0.708. The van der Waals surface area contributed by atoms with E-state index in [4.69, 9.17) is 0 Å². The van der Waals surface area contributed by atoms with Crippen LogP contribution in [0.1, 0.15) is 5.56 Å². The van der Waals surface area contributed by atoms with Gasteiger partial charge in [-0.05, 0) is 34.1 Å². The van der Waals surface area contributed by atoms with Gasteiger partial charge >= 0.3 is 6.18 Å². The van der Waals surface area contributed by atoms with Crippen LogP contribution in [0.5, 0.6) is 0 Å². The van der Waals surface area contributed by atoms with Gasteiger partial charge in [-0.2, -0.15) is 13.2 Å². The number of hydrogen-bond donors (Lipinski definition) is 0. The molecule has 6 heteroatoms. The molecule has 0 N–H and O–H groups in total. The highest BCUT2D eigenvalue weighted by Gasteiger charge is 2.30. The summed E-state index contributed by atoms with van der Waals surface area (Å²) in [5.74, 6) is 0. The minimum absolute atomic E-state index is 0.341. The van der Waals surface area contributed by atoms with E-state index in [9.17, 15) is 13.2 Å². The van der Waals surface area contributed by atoms with Crippen molar-refractivity contribution >= 4 is 26.8 Å². The molecule has 0 aliphatic rings. The molecule has 2 aromatic carbocycles. The maximum Gasteiger partial charge on any atom is 0.416 e. The Balaban J connectivity index is 2.26. The molecule has 0 aliphatic carbocycles. The topological polar surface area (TPSA) is 25.8 Å². The zero-order chi connectivity index (χ0) is 15.0. The van der Waals surface area contributed by atoms with E-state index in [0.29, 0.717) is 26.9 Å². The van der Waals surface area contributed by atoms with E-state index in [1.165, 1.54) is 6.07 Å². The Labute approximate surface area is 126 Å². The predicted octanol–water partition coefficient (Wildman–Crippen LogP) is 5.08. The molecule has 3 aromatic rings. The van der Waals surface area contributed by atoms with E-state index in [-0.39, 0.29) is 0 Å². The van der Waals surface area contributed by atoms with Crippen LogP contribution in [-0.2, 0) is 6.18 Å². The van der Waals surface area contributed by atoms with Crippen molar-refractivity contribution in [3.8, 4) is 11.3 Å². The smallest absolute Gasteiger partial charge is 0.222 e. The number of aromatic nitrogens is 2. The van der Waals surface area contributed by atoms with E-state index in [2.05, 4.69) is 25.9 Å². The zero-order valence-corrected chi connectivity index (χ0v) is 12.1. The summed E-state index contributed by atoms with van der Waals surface area (Å²) in [7, 11) is 0. The number of nitrogens with zero attached hydrogens (tertiary/aromatic N) is 2. The molecule has 0 saturated carbocycles. The lowest BCUT2D eigenvalue weighted by Crippen LogP contribution is -2.04. The molecule has 2 nitrogen and oxygen atoms in total. The van der Waals surface area contributed by atoms with Crippen LogP contribution >= 0.6 is 15.9 Å². The van der Waals surface area contributed by atoms with Crippen LogP contribution in [0.15, 0.2) is 53.3 Å². The number of halogens is 4. The molecular weight excluding hydrogens is 345 g/mol. The van der Waals surface area contributed by atoms with Crippen molar-refractivity contribution in [3.05, 3.63) is 58.8 Å². The van der Waals surface area contributed by atoms with Crippen molar-refractivity contribution in [1.29, 1.82) is 0 Å². The molecule has 0 saturated heterocycles. The standard InChI is InChI=1S/C15H8BrF3N2/c16-14-20-12-7-2-1-6-11(12)13(21-14)9-4-3-5-10(8-9)15(17,18)19/h1-8H. The molecular formula is C15H8BrF3N2. The van der Waals surface area contributed by atoms with Gasteiger partial charge in [0.2, 0.25) is 0 Å². The highest BCUT2D eigenvalue weighted by atomic mass is 79.9. The lowest BCUT2D eigenvalue weighted by atomic mass is 10.0. The predicted molar refractivity (Wildman–Crippen MR) is 77.7 cm³/mol. The van der Waals surface area contributed by atoms with E-state index in [1.807, 2.05) is 6.07 Å². The number of fused-ring (bicyclic) bond motifs is 1. The Hall–Kier alpha value is -1.95. The van der Waals surface area contributed by atoms with Crippen molar-refractivity contribution in [2.24, 2.45) is 0 Å². The van der Waals surface area contributed by atoms with Crippen molar-refractivity contribution in [1.82, 2.24) is 9.97 Å². The van der Waals surface area contributed by atoms with Gasteiger partial charge in [-0.3, -0.25) is 0 Å². The van der Waals surface area contributed by atoms with Gasteiger partial charge in [-0.1, -0.05) is 30.3 Å². The molecule has 1 heterocycles. The number of para-hydroxylation sites is 1. The molecule has 0 amide bonds. The van der Waals surface area contributed by atoms with E-state index >= 15 is 0 Å². The van der Waals surface area contributed by atoms with Crippen LogP contribution in [0, 0.1) is 0 Å². The quantitative estimate of drug-likeness (QED) is 0.571. The first-order chi connectivity index (χ1) is 9.95. The fourth-order valence-electron chi connectivity index (χ4n) is 2.11. The first kappa shape index (κ1) is 14.0. The molecule has 1 aromatic heterocycles. The van der Waals surface area contributed by atoms with Gasteiger partial charge in [0, 0.05) is 10.9 Å². The Morgan fingerprint density at radius 2 is 1.67 bits per heavy atom. The van der Waals surface area contributed by atoms with Crippen LogP contribution in [0.25, 0.3) is 22.2 Å². The fraction of sp³-hybridized carbons (Fsp3) is 0.0667. The van der Waals surface area contributed by atoms with E-state index < -0.39 is 11.7 Å². The fourth-order valence-corrected chi connectivity index (χ4v) is 2.48. The lowest BCUT2D eigenvalue weighted by Gasteiger charge is -2.10. The number of alkyl halides is 3. The van der Waals surface area contributed by atoms with Gasteiger partial charge in [0.15, 0.2) is 4.73 Å². The summed E-state index contributed by atoms with van der Waals surface area (Å²) in [6.07, 6.45) is -4.38. The normalized spacial score (nSPS) is 11.8. The van der Waals surface area contributed by atoms with Gasteiger partial charge in [0.25, 0.3) is 0 Å². The number of benzene rings is 2. The summed E-state index contributed by atoms with van der Waals surface area (Å²) < 4.78 is 38.8. The zero-order valence-electron chi connectivity index (χ0n) is 10.5. The Morgan fingerprint density at radius 3 is 2.43 bits per heavy atom. The first-order valence-electron chi connectivity index (χ1n) is 6.05. The molecule has 0 spiro atoms. The van der Waals surface area contributed by atoms with Crippen LogP contribution in [0.2, 0.25) is 0 Å². The third kappa shape index (κ3) is 2.76. The average Bonchev–Trinajstić information content (AvgIpc) is 2.45. The third-order valence-corrected chi connectivity index (χ3v) is 3.39. The van der Waals surface area contributed by atoms with Crippen molar-refractivity contribution in [2.75, 3.05) is 0 Å². The molecule has 21 heavy (non-hydrogen) atoms. The summed E-state index contributed by atoms with van der Waals surface area (Å²) in [5.41, 5.74) is 0.855. The Morgan fingerprint density at radius 1 is 0.905 bits per heavy atom. The van der Waals surface area contributed by atoms with Crippen molar-refractivity contribution < 1.29 is 13.2 Å². The highest BCUT2D eigenvalue weighted by Crippen LogP contribution is 2.33. The maximum absolute atomic E-state index is 12.8. The molecule has 0 bridgehead atoms. The monoisotopic (exact) mass is 352 g/mol. The largest absolute Gasteiger partial charge is 0.416 e. The minimum Gasteiger partial charge on any atom is -0.222 e. The molecule has 0 aliphatic heterocycles. The SMILES string of the molecule is FC(F)(F)c1cccc(-c2nc(Br)nc3ccccc23)c1. The second-order valence-electron chi connectivity index (χ2n) is 4.44. The van der Waals surface area contributed by atoms with Crippen LogP contribution in [0.3, 0.4) is 0 Å². The second-order valence-corrected chi connectivity index (χ2v) is 5.15. The van der Waals surface area contributed by atoms with Gasteiger partial charge in [-0.25, -0.2) is 9.97 Å². The van der Waals surface area contributed by atoms with Gasteiger partial charge in [-0.15, -0.1) is 0 Å². The summed E-state index contributed by atoms with van der Waals surface area (Å²) in [4.78, 5) is 8.45. The van der Waals surface area contributed by atoms with E-state index in [1.54, 1.807) is 24.3 Å². The molecule has 0 unspecified atom stereocenters. The third-order valence-electron chi connectivity index (χ3n) is 3.04. The number of rotatable bonds is 1. The van der Waals surface area contributed by atoms with E-state index in [0.717, 1.165) is 12.1 Å². The van der Waals surface area contributed by atoms with Crippen LogP contribution < -0.4 is 0 Å². The Kier molecular flexibility index (Phi) is 3.41. The van der Waals surface area contributed by atoms with Gasteiger partial charge in [0.1, 0.15) is 0 Å². The van der Waals surface area contributed by atoms with Crippen molar-refractivity contribution in [3.63, 3.8) is 0 Å². The molecule has 0 atom stereocenters. The number of hydrogen-bond acceptors (Lipinski definition) is 2. The lowest BCUT2D eigenvalue weighted by molar-refractivity contribution is -0.137. The van der Waals surface area contributed by atoms with Crippen LogP contribution in [-0.4, -0.2) is 9.97 Å². The first-order valence-corrected chi connectivity index (χ1v) is 6.84. The second kappa shape index (κ2) is 5.11. The van der Waals surface area contributed by atoms with Crippen LogP contribution in [0.4, 0.5) is 13.2 Å². The maximum atomic E-state index is 12.8. The molecule has 0 radical (unpaired) electrons. The Bertz CT molecular complexity index is 815. The van der Waals surface area contributed by atoms with Gasteiger partial charge in [0.05, 0.1) is 16.8 Å².